The molecule has 2 atom stereocenters. The van der Waals surface area contributed by atoms with Crippen LogP contribution in [0.1, 0.15) is 69.6 Å². The maximum absolute atomic E-state index is 14.1. The topological polar surface area (TPSA) is 164 Å². The second-order valence-corrected chi connectivity index (χ2v) is 14.2. The van der Waals surface area contributed by atoms with Crippen LogP contribution in [0, 0.1) is 0 Å². The number of unbranched alkanes of at least 4 members (excludes halogenated alkanes) is 1. The Balaban J connectivity index is 1.09. The number of rotatable bonds is 13. The second-order valence-electron chi connectivity index (χ2n) is 14.2. The molecule has 0 unspecified atom stereocenters. The first kappa shape index (κ1) is 36.4. The number of hydrogen-bond acceptors (Lipinski definition) is 10. The van der Waals surface area contributed by atoms with Gasteiger partial charge in [0.2, 0.25) is 5.91 Å². The summed E-state index contributed by atoms with van der Waals surface area (Å²) >= 11 is 0. The van der Waals surface area contributed by atoms with Gasteiger partial charge in [-0.3, -0.25) is 4.79 Å². The van der Waals surface area contributed by atoms with Crippen molar-refractivity contribution in [3.05, 3.63) is 77.9 Å². The number of amides is 3. The molecule has 4 aromatic rings. The zero-order valence-electron chi connectivity index (χ0n) is 30.1. The lowest BCUT2D eigenvalue weighted by Crippen LogP contribution is -2.50. The molecule has 2 aromatic heterocycles. The van der Waals surface area contributed by atoms with Crippen molar-refractivity contribution in [3.8, 4) is 5.75 Å². The molecule has 14 nitrogen and oxygen atoms in total. The Hall–Kier alpha value is -5.40. The van der Waals surface area contributed by atoms with Crippen LogP contribution in [0.25, 0.3) is 11.2 Å². The second kappa shape index (κ2) is 16.7. The van der Waals surface area contributed by atoms with Crippen molar-refractivity contribution in [2.24, 2.45) is 0 Å². The number of benzene rings is 2. The van der Waals surface area contributed by atoms with Crippen molar-refractivity contribution < 1.29 is 28.6 Å². The Kier molecular flexibility index (Phi) is 11.7. The Labute approximate surface area is 303 Å². The molecular weight excluding hydrogens is 664 g/mol. The predicted octanol–water partition coefficient (Wildman–Crippen LogP) is 5.28. The number of hydrogen-bond donors (Lipinski definition) is 3. The Morgan fingerprint density at radius 2 is 1.85 bits per heavy atom. The molecule has 1 saturated heterocycles. The normalized spacial score (nSPS) is 16.2. The maximum Gasteiger partial charge on any atom is 0.408 e. The predicted molar refractivity (Wildman–Crippen MR) is 195 cm³/mol. The average molecular weight is 713 g/mol. The van der Waals surface area contributed by atoms with Gasteiger partial charge in [-0.1, -0.05) is 42.5 Å². The molecule has 0 saturated carbocycles. The van der Waals surface area contributed by atoms with Gasteiger partial charge in [-0.2, -0.15) is 0 Å². The van der Waals surface area contributed by atoms with Crippen LogP contribution in [0.5, 0.6) is 5.75 Å². The van der Waals surface area contributed by atoms with Crippen LogP contribution in [0.2, 0.25) is 0 Å². The molecule has 1 fully saturated rings. The monoisotopic (exact) mass is 712 g/mol. The molecule has 2 aliphatic heterocycles. The lowest BCUT2D eigenvalue weighted by molar-refractivity contribution is -0.134. The van der Waals surface area contributed by atoms with Gasteiger partial charge in [-0.25, -0.2) is 24.5 Å². The summed E-state index contributed by atoms with van der Waals surface area (Å²) in [7, 11) is 0. The van der Waals surface area contributed by atoms with Gasteiger partial charge in [0.15, 0.2) is 11.5 Å². The minimum Gasteiger partial charge on any atom is -0.491 e. The molecule has 6 rings (SSSR count). The maximum atomic E-state index is 14.1. The fourth-order valence-corrected chi connectivity index (χ4v) is 6.68. The number of fused-ring (bicyclic) bond motifs is 2. The number of carbonyl (C=O) groups excluding carboxylic acids is 3. The van der Waals surface area contributed by atoms with Gasteiger partial charge < -0.3 is 39.6 Å². The van der Waals surface area contributed by atoms with E-state index in [0.29, 0.717) is 57.6 Å². The first-order valence-corrected chi connectivity index (χ1v) is 18.0. The molecule has 52 heavy (non-hydrogen) atoms. The number of H-pyrrole nitrogens is 1. The van der Waals surface area contributed by atoms with Gasteiger partial charge in [0.05, 0.1) is 12.4 Å². The number of aromatic amines is 1. The molecule has 0 bridgehead atoms. The van der Waals surface area contributed by atoms with Gasteiger partial charge in [0.25, 0.3) is 0 Å². The zero-order valence-corrected chi connectivity index (χ0v) is 30.1. The standard InChI is InChI=1S/C38H48N8O6/c1-38(2,3)52-36(48)39-18-8-7-15-30(44-37(49)51-22-26-11-5-4-6-12-26)35(47)45-20-17-27-13-9-16-31(29(27)21-45)50-23-28-14-10-19-46(28)34-32-33(41-24-40-32)42-25-43-34/h4-6,9,11-13,16,24-25,28,30H,7-8,10,14-15,17-23H2,1-3H3,(H,39,48)(H,44,49)(H,40,41,42,43)/t28-,30+/m1/s1. The smallest absolute Gasteiger partial charge is 0.408 e. The van der Waals surface area contributed by atoms with E-state index in [1.54, 1.807) is 17.6 Å². The van der Waals surface area contributed by atoms with Gasteiger partial charge in [-0.15, -0.1) is 0 Å². The van der Waals surface area contributed by atoms with Crippen LogP contribution in [0.3, 0.4) is 0 Å². The first-order valence-electron chi connectivity index (χ1n) is 18.0. The Morgan fingerprint density at radius 1 is 1.00 bits per heavy atom. The number of alkyl carbamates (subject to hydrolysis) is 2. The average Bonchev–Trinajstić information content (AvgIpc) is 3.82. The number of anilines is 1. The van der Waals surface area contributed by atoms with E-state index in [-0.39, 0.29) is 18.6 Å². The van der Waals surface area contributed by atoms with E-state index in [1.807, 2.05) is 63.2 Å². The van der Waals surface area contributed by atoms with Crippen molar-refractivity contribution in [2.75, 3.05) is 31.1 Å². The van der Waals surface area contributed by atoms with Crippen LogP contribution in [0.4, 0.5) is 15.4 Å². The number of imidazole rings is 1. The molecule has 14 heteroatoms. The third kappa shape index (κ3) is 9.47. The van der Waals surface area contributed by atoms with Crippen molar-refractivity contribution in [1.29, 1.82) is 0 Å². The fraction of sp³-hybridized carbons (Fsp3) is 0.474. The van der Waals surface area contributed by atoms with Gasteiger partial charge in [0, 0.05) is 31.7 Å². The summed E-state index contributed by atoms with van der Waals surface area (Å²) < 4.78 is 17.3. The highest BCUT2D eigenvalue weighted by molar-refractivity contribution is 5.86. The summed E-state index contributed by atoms with van der Waals surface area (Å²) in [4.78, 5) is 59.5. The summed E-state index contributed by atoms with van der Waals surface area (Å²) in [5.74, 6) is 1.38. The number of ether oxygens (including phenoxy) is 3. The first-order chi connectivity index (χ1) is 25.1. The third-order valence-electron chi connectivity index (χ3n) is 9.22. The molecule has 2 aliphatic rings. The molecule has 0 aliphatic carbocycles. The van der Waals surface area contributed by atoms with Gasteiger partial charge in [-0.05, 0) is 76.5 Å². The van der Waals surface area contributed by atoms with Crippen LogP contribution in [0.15, 0.2) is 61.2 Å². The van der Waals surface area contributed by atoms with Gasteiger partial charge in [0.1, 0.15) is 42.5 Å². The summed E-state index contributed by atoms with van der Waals surface area (Å²) in [6.45, 7) is 8.08. The third-order valence-corrected chi connectivity index (χ3v) is 9.22. The Bertz CT molecular complexity index is 1830. The van der Waals surface area contributed by atoms with E-state index < -0.39 is 23.8 Å². The van der Waals surface area contributed by atoms with Crippen LogP contribution < -0.4 is 20.3 Å². The highest BCUT2D eigenvalue weighted by Gasteiger charge is 2.32. The van der Waals surface area contributed by atoms with E-state index in [9.17, 15) is 14.4 Å². The number of carbonyl (C=O) groups is 3. The van der Waals surface area contributed by atoms with Gasteiger partial charge >= 0.3 is 12.2 Å². The highest BCUT2D eigenvalue weighted by Crippen LogP contribution is 2.32. The summed E-state index contributed by atoms with van der Waals surface area (Å²) in [5, 5.41) is 5.59. The molecule has 0 radical (unpaired) electrons. The molecule has 3 amide bonds. The lowest BCUT2D eigenvalue weighted by Gasteiger charge is -2.33. The molecule has 2 aromatic carbocycles. The van der Waals surface area contributed by atoms with E-state index in [0.717, 1.165) is 53.2 Å². The molecule has 4 heterocycles. The van der Waals surface area contributed by atoms with E-state index >= 15 is 0 Å². The lowest BCUT2D eigenvalue weighted by atomic mass is 9.97. The fourth-order valence-electron chi connectivity index (χ4n) is 6.68. The molecule has 3 N–H and O–H groups in total. The number of nitrogens with one attached hydrogen (secondary N) is 3. The molecule has 276 valence electrons. The summed E-state index contributed by atoms with van der Waals surface area (Å²) in [5.41, 5.74) is 3.81. The zero-order chi connectivity index (χ0) is 36.5. The minimum absolute atomic E-state index is 0.0909. The number of nitrogens with zero attached hydrogens (tertiary/aromatic N) is 5. The van der Waals surface area contributed by atoms with Crippen molar-refractivity contribution in [2.45, 2.75) is 90.1 Å². The van der Waals surface area contributed by atoms with Crippen molar-refractivity contribution in [3.63, 3.8) is 0 Å². The quantitative estimate of drug-likeness (QED) is 0.156. The summed E-state index contributed by atoms with van der Waals surface area (Å²) in [6, 6.07) is 14.7. The van der Waals surface area contributed by atoms with Crippen molar-refractivity contribution in [1.82, 2.24) is 35.5 Å². The van der Waals surface area contributed by atoms with Crippen molar-refractivity contribution >= 4 is 35.1 Å². The molecular formula is C38H48N8O6. The van der Waals surface area contributed by atoms with Crippen LogP contribution in [-0.2, 0) is 33.8 Å². The van der Waals surface area contributed by atoms with Crippen LogP contribution in [-0.4, -0.2) is 86.9 Å². The number of aromatic nitrogens is 4. The van der Waals surface area contributed by atoms with Crippen LogP contribution >= 0.6 is 0 Å². The Morgan fingerprint density at radius 3 is 2.67 bits per heavy atom. The van der Waals surface area contributed by atoms with E-state index in [4.69, 9.17) is 14.2 Å². The largest absolute Gasteiger partial charge is 0.491 e. The summed E-state index contributed by atoms with van der Waals surface area (Å²) in [6.07, 6.45) is 6.22. The molecule has 0 spiro atoms. The highest BCUT2D eigenvalue weighted by atomic mass is 16.6. The van der Waals surface area contributed by atoms with E-state index in [1.165, 1.54) is 0 Å². The van der Waals surface area contributed by atoms with E-state index in [2.05, 4.69) is 41.5 Å². The minimum atomic E-state index is -0.807. The SMILES string of the molecule is CC(C)(C)OC(=O)NCCCC[C@H](NC(=O)OCc1ccccc1)C(=O)N1CCc2cccc(OC[C@H]3CCCN3c3ncnc4nc[nH]c34)c2C1.